The minimum absolute atomic E-state index is 0.122. The molecular weight excluding hydrogens is 386 g/mol. The third kappa shape index (κ3) is 5.75. The SMILES string of the molecule is O=C(OCCCc1ccccc1)c1cccc(OC(=O)c2ccc([N+](=O)[O-])cc2)c1. The average molecular weight is 405 g/mol. The molecule has 152 valence electrons. The number of aryl methyl sites for hydroxylation is 1. The minimum Gasteiger partial charge on any atom is -0.462 e. The Labute approximate surface area is 173 Å². The van der Waals surface area contributed by atoms with Crippen molar-refractivity contribution in [3.8, 4) is 5.75 Å². The molecule has 0 heterocycles. The van der Waals surface area contributed by atoms with Crippen molar-refractivity contribution >= 4 is 17.6 Å². The summed E-state index contributed by atoms with van der Waals surface area (Å²) in [5.41, 5.74) is 1.48. The number of rotatable bonds is 8. The number of nitrogens with zero attached hydrogens (tertiary/aromatic N) is 1. The molecule has 30 heavy (non-hydrogen) atoms. The van der Waals surface area contributed by atoms with Gasteiger partial charge in [-0.3, -0.25) is 10.1 Å². The van der Waals surface area contributed by atoms with Gasteiger partial charge in [-0.25, -0.2) is 9.59 Å². The third-order valence-electron chi connectivity index (χ3n) is 4.28. The molecule has 0 atom stereocenters. The smallest absolute Gasteiger partial charge is 0.343 e. The van der Waals surface area contributed by atoms with E-state index in [1.54, 1.807) is 12.1 Å². The van der Waals surface area contributed by atoms with Crippen LogP contribution in [-0.2, 0) is 11.2 Å². The summed E-state index contributed by atoms with van der Waals surface area (Å²) in [7, 11) is 0. The predicted molar refractivity (Wildman–Crippen MR) is 110 cm³/mol. The van der Waals surface area contributed by atoms with E-state index in [0.29, 0.717) is 6.42 Å². The molecule has 3 aromatic rings. The lowest BCUT2D eigenvalue weighted by molar-refractivity contribution is -0.384. The molecule has 0 aliphatic carbocycles. The highest BCUT2D eigenvalue weighted by Crippen LogP contribution is 2.18. The van der Waals surface area contributed by atoms with Gasteiger partial charge < -0.3 is 9.47 Å². The predicted octanol–water partition coefficient (Wildman–Crippen LogP) is 4.60. The van der Waals surface area contributed by atoms with Crippen LogP contribution in [0, 0.1) is 10.1 Å². The van der Waals surface area contributed by atoms with E-state index in [-0.39, 0.29) is 29.2 Å². The van der Waals surface area contributed by atoms with Crippen molar-refractivity contribution in [1.29, 1.82) is 0 Å². The van der Waals surface area contributed by atoms with E-state index in [1.807, 2.05) is 30.3 Å². The summed E-state index contributed by atoms with van der Waals surface area (Å²) in [5.74, 6) is -1.01. The van der Waals surface area contributed by atoms with E-state index in [1.165, 1.54) is 42.0 Å². The first-order chi connectivity index (χ1) is 14.5. The van der Waals surface area contributed by atoms with Crippen LogP contribution < -0.4 is 4.74 Å². The standard InChI is InChI=1S/C23H19NO6/c25-22(29-15-5-8-17-6-2-1-3-7-17)19-9-4-10-21(16-19)30-23(26)18-11-13-20(14-12-18)24(27)28/h1-4,6-7,9-14,16H,5,8,15H2. The van der Waals surface area contributed by atoms with Gasteiger partial charge in [0.05, 0.1) is 22.7 Å². The van der Waals surface area contributed by atoms with Gasteiger partial charge in [-0.2, -0.15) is 0 Å². The molecule has 7 heteroatoms. The number of esters is 2. The topological polar surface area (TPSA) is 95.7 Å². The van der Waals surface area contributed by atoms with Gasteiger partial charge in [0.25, 0.3) is 5.69 Å². The average Bonchev–Trinajstić information content (AvgIpc) is 2.77. The summed E-state index contributed by atoms with van der Waals surface area (Å²) in [6, 6.07) is 21.1. The zero-order chi connectivity index (χ0) is 21.3. The second-order valence-corrected chi connectivity index (χ2v) is 6.45. The largest absolute Gasteiger partial charge is 0.462 e. The summed E-state index contributed by atoms with van der Waals surface area (Å²) in [5, 5.41) is 10.7. The third-order valence-corrected chi connectivity index (χ3v) is 4.28. The molecule has 0 bridgehead atoms. The second kappa shape index (κ2) is 9.97. The van der Waals surface area contributed by atoms with Gasteiger partial charge in [-0.05, 0) is 48.7 Å². The van der Waals surface area contributed by atoms with Gasteiger partial charge in [-0.1, -0.05) is 36.4 Å². The molecule has 0 unspecified atom stereocenters. The first-order valence-electron chi connectivity index (χ1n) is 9.31. The first kappa shape index (κ1) is 20.7. The number of non-ortho nitro benzene ring substituents is 1. The maximum absolute atomic E-state index is 12.2. The van der Waals surface area contributed by atoms with E-state index >= 15 is 0 Å². The molecule has 3 aromatic carbocycles. The number of nitro groups is 1. The van der Waals surface area contributed by atoms with E-state index in [4.69, 9.17) is 9.47 Å². The Bertz CT molecular complexity index is 1030. The van der Waals surface area contributed by atoms with Crippen LogP contribution in [0.4, 0.5) is 5.69 Å². The van der Waals surface area contributed by atoms with Gasteiger partial charge in [0.2, 0.25) is 0 Å². The Morgan fingerprint density at radius 3 is 2.27 bits per heavy atom. The van der Waals surface area contributed by atoms with Crippen LogP contribution in [0.5, 0.6) is 5.75 Å². The number of ether oxygens (including phenoxy) is 2. The molecule has 0 N–H and O–H groups in total. The molecule has 0 spiro atoms. The zero-order valence-electron chi connectivity index (χ0n) is 16.0. The number of nitro benzene ring substituents is 1. The van der Waals surface area contributed by atoms with Crippen LogP contribution in [0.2, 0.25) is 0 Å². The normalized spacial score (nSPS) is 10.3. The Morgan fingerprint density at radius 1 is 0.833 bits per heavy atom. The molecule has 0 aromatic heterocycles. The summed E-state index contributed by atoms with van der Waals surface area (Å²) in [6.07, 6.45) is 1.51. The van der Waals surface area contributed by atoms with Crippen molar-refractivity contribution in [3.05, 3.63) is 106 Å². The van der Waals surface area contributed by atoms with Crippen LogP contribution in [0.1, 0.15) is 32.7 Å². The number of carbonyl (C=O) groups excluding carboxylic acids is 2. The molecule has 0 saturated heterocycles. The highest BCUT2D eigenvalue weighted by molar-refractivity contribution is 5.92. The quantitative estimate of drug-likeness (QED) is 0.179. The molecule has 0 aliphatic heterocycles. The highest BCUT2D eigenvalue weighted by atomic mass is 16.6. The summed E-state index contributed by atoms with van der Waals surface area (Å²) < 4.78 is 10.5. The maximum atomic E-state index is 12.2. The van der Waals surface area contributed by atoms with Crippen molar-refractivity contribution < 1.29 is 24.0 Å². The molecular formula is C23H19NO6. The van der Waals surface area contributed by atoms with Gasteiger partial charge in [-0.15, -0.1) is 0 Å². The zero-order valence-corrected chi connectivity index (χ0v) is 16.0. The van der Waals surface area contributed by atoms with Crippen molar-refractivity contribution in [1.82, 2.24) is 0 Å². The second-order valence-electron chi connectivity index (χ2n) is 6.45. The number of hydrogen-bond donors (Lipinski definition) is 0. The van der Waals surface area contributed by atoms with Gasteiger partial charge in [0.1, 0.15) is 5.75 Å². The van der Waals surface area contributed by atoms with E-state index < -0.39 is 16.9 Å². The maximum Gasteiger partial charge on any atom is 0.343 e. The van der Waals surface area contributed by atoms with Crippen LogP contribution >= 0.6 is 0 Å². The Morgan fingerprint density at radius 2 is 1.57 bits per heavy atom. The lowest BCUT2D eigenvalue weighted by Gasteiger charge is -2.08. The van der Waals surface area contributed by atoms with E-state index in [2.05, 4.69) is 0 Å². The Balaban J connectivity index is 1.53. The fraction of sp³-hybridized carbons (Fsp3) is 0.130. The lowest BCUT2D eigenvalue weighted by atomic mass is 10.1. The number of hydrogen-bond acceptors (Lipinski definition) is 6. The summed E-state index contributed by atoms with van der Waals surface area (Å²) in [6.45, 7) is 0.278. The van der Waals surface area contributed by atoms with Crippen LogP contribution in [-0.4, -0.2) is 23.5 Å². The van der Waals surface area contributed by atoms with Crippen molar-refractivity contribution in [2.24, 2.45) is 0 Å². The highest BCUT2D eigenvalue weighted by Gasteiger charge is 2.13. The van der Waals surface area contributed by atoms with Gasteiger partial charge in [0, 0.05) is 12.1 Å². The molecule has 0 aliphatic rings. The van der Waals surface area contributed by atoms with Crippen molar-refractivity contribution in [3.63, 3.8) is 0 Å². The first-order valence-corrected chi connectivity index (χ1v) is 9.31. The fourth-order valence-electron chi connectivity index (χ4n) is 2.74. The van der Waals surface area contributed by atoms with E-state index in [0.717, 1.165) is 6.42 Å². The number of benzene rings is 3. The Hall–Kier alpha value is -4.00. The van der Waals surface area contributed by atoms with Crippen LogP contribution in [0.25, 0.3) is 0 Å². The van der Waals surface area contributed by atoms with Gasteiger partial charge >= 0.3 is 11.9 Å². The van der Waals surface area contributed by atoms with Gasteiger partial charge in [0.15, 0.2) is 0 Å². The molecule has 0 fully saturated rings. The number of carbonyl (C=O) groups is 2. The molecule has 0 amide bonds. The van der Waals surface area contributed by atoms with E-state index in [9.17, 15) is 19.7 Å². The molecule has 7 nitrogen and oxygen atoms in total. The van der Waals surface area contributed by atoms with Crippen LogP contribution in [0.15, 0.2) is 78.9 Å². The molecule has 0 radical (unpaired) electrons. The lowest BCUT2D eigenvalue weighted by Crippen LogP contribution is -2.10. The monoisotopic (exact) mass is 405 g/mol. The molecule has 3 rings (SSSR count). The fourth-order valence-corrected chi connectivity index (χ4v) is 2.74. The van der Waals surface area contributed by atoms with Crippen molar-refractivity contribution in [2.45, 2.75) is 12.8 Å². The summed E-state index contributed by atoms with van der Waals surface area (Å²) >= 11 is 0. The van der Waals surface area contributed by atoms with Crippen molar-refractivity contribution in [2.75, 3.05) is 6.61 Å². The minimum atomic E-state index is -0.682. The molecule has 0 saturated carbocycles. The van der Waals surface area contributed by atoms with Crippen LogP contribution in [0.3, 0.4) is 0 Å². The Kier molecular flexibility index (Phi) is 6.89. The summed E-state index contributed by atoms with van der Waals surface area (Å²) in [4.78, 5) is 34.6.